The molecule has 0 spiro atoms. The average Bonchev–Trinajstić information content (AvgIpc) is 2.98. The number of aromatic nitrogens is 1. The first-order valence-electron chi connectivity index (χ1n) is 6.74. The van der Waals surface area contributed by atoms with Crippen LogP contribution in [0.5, 0.6) is 5.75 Å². The van der Waals surface area contributed by atoms with Crippen LogP contribution in [0.1, 0.15) is 24.3 Å². The lowest BCUT2D eigenvalue weighted by atomic mass is 10.2. The molecule has 0 aliphatic heterocycles. The highest BCUT2D eigenvalue weighted by atomic mass is 32.1. The number of ether oxygens (including phenoxy) is 1. The predicted octanol–water partition coefficient (Wildman–Crippen LogP) is 2.32. The Balaban J connectivity index is 2.10. The number of thiazole rings is 1. The minimum absolute atomic E-state index is 0.0956. The van der Waals surface area contributed by atoms with Crippen molar-refractivity contribution in [2.24, 2.45) is 0 Å². The zero-order valence-corrected chi connectivity index (χ0v) is 12.8. The number of hydrogen-bond donors (Lipinski definition) is 2. The molecule has 6 heteroatoms. The number of nitrogens with zero attached hydrogens (tertiary/aromatic N) is 1. The van der Waals surface area contributed by atoms with E-state index in [1.807, 2.05) is 31.2 Å². The quantitative estimate of drug-likeness (QED) is 0.859. The number of rotatable bonds is 6. The number of aliphatic hydroxyl groups is 1. The Bertz CT molecular complexity index is 595. The molecule has 5 nitrogen and oxygen atoms in total. The highest BCUT2D eigenvalue weighted by molar-refractivity contribution is 7.13. The van der Waals surface area contributed by atoms with E-state index < -0.39 is 0 Å². The molecule has 0 saturated heterocycles. The molecule has 1 heterocycles. The maximum Gasteiger partial charge on any atom is 0.271 e. The molecule has 0 bridgehead atoms. The molecule has 0 fully saturated rings. The van der Waals surface area contributed by atoms with Gasteiger partial charge in [0.25, 0.3) is 5.91 Å². The SMILES string of the molecule is CCOc1ccc(-c2nc(C(=O)NC(C)CO)cs2)cc1. The molecule has 2 N–H and O–H groups in total. The molecule has 1 unspecified atom stereocenters. The molecule has 0 saturated carbocycles. The van der Waals surface area contributed by atoms with E-state index in [2.05, 4.69) is 10.3 Å². The van der Waals surface area contributed by atoms with Crippen LogP contribution in [-0.4, -0.2) is 35.3 Å². The van der Waals surface area contributed by atoms with Crippen LogP contribution in [0.25, 0.3) is 10.6 Å². The van der Waals surface area contributed by atoms with Crippen LogP contribution in [0.2, 0.25) is 0 Å². The Kier molecular flexibility index (Phi) is 5.30. The summed E-state index contributed by atoms with van der Waals surface area (Å²) in [6.07, 6.45) is 0. The topological polar surface area (TPSA) is 71.5 Å². The lowest BCUT2D eigenvalue weighted by molar-refractivity contribution is 0.0918. The number of carbonyl (C=O) groups excluding carboxylic acids is 1. The van der Waals surface area contributed by atoms with Gasteiger partial charge in [0.2, 0.25) is 0 Å². The van der Waals surface area contributed by atoms with E-state index >= 15 is 0 Å². The number of benzene rings is 1. The van der Waals surface area contributed by atoms with Crippen LogP contribution >= 0.6 is 11.3 Å². The van der Waals surface area contributed by atoms with Crippen molar-refractivity contribution < 1.29 is 14.6 Å². The zero-order valence-electron chi connectivity index (χ0n) is 12.0. The van der Waals surface area contributed by atoms with Gasteiger partial charge in [0.15, 0.2) is 0 Å². The van der Waals surface area contributed by atoms with Gasteiger partial charge in [-0.25, -0.2) is 4.98 Å². The number of carbonyl (C=O) groups is 1. The summed E-state index contributed by atoms with van der Waals surface area (Å²) in [5.41, 5.74) is 1.31. The van der Waals surface area contributed by atoms with Gasteiger partial charge in [-0.1, -0.05) is 0 Å². The molecule has 2 rings (SSSR count). The van der Waals surface area contributed by atoms with Crippen LogP contribution in [0.15, 0.2) is 29.6 Å². The summed E-state index contributed by atoms with van der Waals surface area (Å²) in [7, 11) is 0. The highest BCUT2D eigenvalue weighted by Gasteiger charge is 2.13. The highest BCUT2D eigenvalue weighted by Crippen LogP contribution is 2.25. The number of amides is 1. The fourth-order valence-corrected chi connectivity index (χ4v) is 2.52. The lowest BCUT2D eigenvalue weighted by Crippen LogP contribution is -2.35. The van der Waals surface area contributed by atoms with Crippen molar-refractivity contribution in [2.75, 3.05) is 13.2 Å². The second-order valence-electron chi connectivity index (χ2n) is 4.55. The van der Waals surface area contributed by atoms with E-state index in [0.29, 0.717) is 12.3 Å². The van der Waals surface area contributed by atoms with E-state index in [1.54, 1.807) is 12.3 Å². The average molecular weight is 306 g/mol. The maximum atomic E-state index is 11.9. The smallest absolute Gasteiger partial charge is 0.271 e. The third-order valence-electron chi connectivity index (χ3n) is 2.80. The molecule has 112 valence electrons. The van der Waals surface area contributed by atoms with Crippen molar-refractivity contribution in [3.63, 3.8) is 0 Å². The van der Waals surface area contributed by atoms with Crippen LogP contribution in [0.4, 0.5) is 0 Å². The van der Waals surface area contributed by atoms with Gasteiger partial charge in [-0.3, -0.25) is 4.79 Å². The molecule has 1 amide bonds. The maximum absolute atomic E-state index is 11.9. The fraction of sp³-hybridized carbons (Fsp3) is 0.333. The van der Waals surface area contributed by atoms with E-state index in [1.165, 1.54) is 11.3 Å². The first kappa shape index (κ1) is 15.5. The second-order valence-corrected chi connectivity index (χ2v) is 5.41. The van der Waals surface area contributed by atoms with Gasteiger partial charge in [0, 0.05) is 17.0 Å². The minimum Gasteiger partial charge on any atom is -0.494 e. The summed E-state index contributed by atoms with van der Waals surface area (Å²) >= 11 is 1.41. The zero-order chi connectivity index (χ0) is 15.2. The third kappa shape index (κ3) is 4.03. The van der Waals surface area contributed by atoms with Crippen molar-refractivity contribution >= 4 is 17.2 Å². The molecule has 1 atom stereocenters. The molecule has 1 aromatic heterocycles. The third-order valence-corrected chi connectivity index (χ3v) is 3.69. The Morgan fingerprint density at radius 1 is 1.43 bits per heavy atom. The predicted molar refractivity (Wildman–Crippen MR) is 82.7 cm³/mol. The monoisotopic (exact) mass is 306 g/mol. The molecule has 0 radical (unpaired) electrons. The van der Waals surface area contributed by atoms with E-state index in [4.69, 9.17) is 9.84 Å². The van der Waals surface area contributed by atoms with Gasteiger partial charge in [0.05, 0.1) is 13.2 Å². The summed E-state index contributed by atoms with van der Waals surface area (Å²) in [6.45, 7) is 4.20. The Hall–Kier alpha value is -1.92. The Morgan fingerprint density at radius 3 is 2.76 bits per heavy atom. The normalized spacial score (nSPS) is 12.0. The number of hydrogen-bond acceptors (Lipinski definition) is 5. The molecule has 21 heavy (non-hydrogen) atoms. The minimum atomic E-state index is -0.284. The molecule has 0 aliphatic carbocycles. The van der Waals surface area contributed by atoms with Crippen LogP contribution < -0.4 is 10.1 Å². The van der Waals surface area contributed by atoms with Crippen molar-refractivity contribution in [3.8, 4) is 16.3 Å². The number of aliphatic hydroxyl groups excluding tert-OH is 1. The van der Waals surface area contributed by atoms with Gasteiger partial charge >= 0.3 is 0 Å². The molecule has 1 aromatic carbocycles. The van der Waals surface area contributed by atoms with Gasteiger partial charge in [-0.2, -0.15) is 0 Å². The summed E-state index contributed by atoms with van der Waals surface area (Å²) < 4.78 is 5.39. The molecular formula is C15H18N2O3S. The van der Waals surface area contributed by atoms with E-state index in [0.717, 1.165) is 16.3 Å². The van der Waals surface area contributed by atoms with Gasteiger partial charge in [-0.05, 0) is 38.1 Å². The van der Waals surface area contributed by atoms with Gasteiger partial charge in [0.1, 0.15) is 16.5 Å². The summed E-state index contributed by atoms with van der Waals surface area (Å²) in [4.78, 5) is 16.2. The first-order valence-corrected chi connectivity index (χ1v) is 7.62. The van der Waals surface area contributed by atoms with Crippen molar-refractivity contribution in [2.45, 2.75) is 19.9 Å². The van der Waals surface area contributed by atoms with Gasteiger partial charge < -0.3 is 15.2 Å². The molecular weight excluding hydrogens is 288 g/mol. The summed E-state index contributed by atoms with van der Waals surface area (Å²) in [6, 6.07) is 7.32. The largest absolute Gasteiger partial charge is 0.494 e. The first-order chi connectivity index (χ1) is 10.1. The second kappa shape index (κ2) is 7.19. The molecule has 0 aliphatic rings. The Morgan fingerprint density at radius 2 is 2.14 bits per heavy atom. The van der Waals surface area contributed by atoms with Crippen LogP contribution in [0.3, 0.4) is 0 Å². The van der Waals surface area contributed by atoms with Crippen LogP contribution in [0, 0.1) is 0 Å². The van der Waals surface area contributed by atoms with Crippen molar-refractivity contribution in [1.82, 2.24) is 10.3 Å². The summed E-state index contributed by atoms with van der Waals surface area (Å²) in [5, 5.41) is 14.1. The van der Waals surface area contributed by atoms with Crippen molar-refractivity contribution in [1.29, 1.82) is 0 Å². The summed E-state index contributed by atoms with van der Waals surface area (Å²) in [5.74, 6) is 0.539. The van der Waals surface area contributed by atoms with Gasteiger partial charge in [-0.15, -0.1) is 11.3 Å². The Labute approximate surface area is 127 Å². The van der Waals surface area contributed by atoms with Crippen LogP contribution in [-0.2, 0) is 0 Å². The molecule has 2 aromatic rings. The van der Waals surface area contributed by atoms with Crippen molar-refractivity contribution in [3.05, 3.63) is 35.3 Å². The number of nitrogens with one attached hydrogen (secondary N) is 1. The lowest BCUT2D eigenvalue weighted by Gasteiger charge is -2.08. The standard InChI is InChI=1S/C15H18N2O3S/c1-3-20-12-6-4-11(5-7-12)15-17-13(9-21-15)14(19)16-10(2)8-18/h4-7,9-10,18H,3,8H2,1-2H3,(H,16,19). The van der Waals surface area contributed by atoms with E-state index in [9.17, 15) is 4.79 Å². The fourth-order valence-electron chi connectivity index (χ4n) is 1.71. The van der Waals surface area contributed by atoms with E-state index in [-0.39, 0.29) is 18.6 Å².